The molecule has 0 amide bonds. The lowest BCUT2D eigenvalue weighted by atomic mass is 10.2. The molecule has 2 aromatic rings. The first-order chi connectivity index (χ1) is 8.84. The highest BCUT2D eigenvalue weighted by Crippen LogP contribution is 2.35. The van der Waals surface area contributed by atoms with Gasteiger partial charge in [-0.05, 0) is 6.07 Å². The van der Waals surface area contributed by atoms with Crippen LogP contribution in [0.2, 0.25) is 0 Å². The van der Waals surface area contributed by atoms with Crippen LogP contribution in [0.1, 0.15) is 28.9 Å². The summed E-state index contributed by atoms with van der Waals surface area (Å²) in [7, 11) is 0. The minimum absolute atomic E-state index is 0.209. The van der Waals surface area contributed by atoms with Gasteiger partial charge >= 0.3 is 12.1 Å². The SMILES string of the molecule is CCc1occc1-c1nc(C(F)(F)F)c(C(=O)O)o1. The van der Waals surface area contributed by atoms with Crippen molar-refractivity contribution in [3.63, 3.8) is 0 Å². The van der Waals surface area contributed by atoms with Crippen molar-refractivity contribution in [3.05, 3.63) is 29.5 Å². The summed E-state index contributed by atoms with van der Waals surface area (Å²) in [6.07, 6.45) is -3.22. The normalized spacial score (nSPS) is 11.8. The molecule has 102 valence electrons. The Balaban J connectivity index is 2.59. The van der Waals surface area contributed by atoms with E-state index in [-0.39, 0.29) is 5.56 Å². The highest BCUT2D eigenvalue weighted by molar-refractivity contribution is 5.86. The van der Waals surface area contributed by atoms with Gasteiger partial charge in [0, 0.05) is 6.42 Å². The van der Waals surface area contributed by atoms with Crippen LogP contribution in [0.5, 0.6) is 0 Å². The summed E-state index contributed by atoms with van der Waals surface area (Å²) in [5.41, 5.74) is -1.35. The van der Waals surface area contributed by atoms with Gasteiger partial charge in [0.2, 0.25) is 11.7 Å². The van der Waals surface area contributed by atoms with E-state index in [4.69, 9.17) is 13.9 Å². The summed E-state index contributed by atoms with van der Waals surface area (Å²) in [5.74, 6) is -3.11. The van der Waals surface area contributed by atoms with Gasteiger partial charge in [-0.25, -0.2) is 9.78 Å². The molecule has 2 aromatic heterocycles. The van der Waals surface area contributed by atoms with Crippen molar-refractivity contribution in [1.82, 2.24) is 4.98 Å². The second-order valence-corrected chi connectivity index (χ2v) is 3.61. The number of aryl methyl sites for hydroxylation is 1. The van der Waals surface area contributed by atoms with Gasteiger partial charge in [0.05, 0.1) is 11.8 Å². The van der Waals surface area contributed by atoms with Crippen molar-refractivity contribution in [2.45, 2.75) is 19.5 Å². The van der Waals surface area contributed by atoms with Crippen LogP contribution in [0.3, 0.4) is 0 Å². The Labute approximate surface area is 104 Å². The lowest BCUT2D eigenvalue weighted by molar-refractivity contribution is -0.141. The van der Waals surface area contributed by atoms with Crippen molar-refractivity contribution in [3.8, 4) is 11.5 Å². The molecule has 0 atom stereocenters. The van der Waals surface area contributed by atoms with E-state index >= 15 is 0 Å². The van der Waals surface area contributed by atoms with E-state index in [1.54, 1.807) is 6.92 Å². The molecule has 0 radical (unpaired) electrons. The van der Waals surface area contributed by atoms with Gasteiger partial charge in [0.1, 0.15) is 5.76 Å². The standard InChI is InChI=1S/C11H8F3NO4/c1-2-6-5(3-4-18-6)9-15-8(11(12,13)14)7(19-9)10(16)17/h3-4H,2H2,1H3,(H,16,17). The van der Waals surface area contributed by atoms with E-state index in [2.05, 4.69) is 4.98 Å². The number of aromatic nitrogens is 1. The third-order valence-electron chi connectivity index (χ3n) is 2.39. The number of hydrogen-bond acceptors (Lipinski definition) is 4. The van der Waals surface area contributed by atoms with Gasteiger partial charge in [-0.3, -0.25) is 0 Å². The molecule has 0 unspecified atom stereocenters. The molecule has 0 aliphatic rings. The Morgan fingerprint density at radius 2 is 2.16 bits per heavy atom. The van der Waals surface area contributed by atoms with E-state index < -0.39 is 29.5 Å². The third-order valence-corrected chi connectivity index (χ3v) is 2.39. The highest BCUT2D eigenvalue weighted by Gasteiger charge is 2.41. The molecule has 2 heterocycles. The minimum atomic E-state index is -4.90. The summed E-state index contributed by atoms with van der Waals surface area (Å²) < 4.78 is 47.6. The van der Waals surface area contributed by atoms with Gasteiger partial charge < -0.3 is 13.9 Å². The van der Waals surface area contributed by atoms with Crippen molar-refractivity contribution in [2.24, 2.45) is 0 Å². The first-order valence-corrected chi connectivity index (χ1v) is 5.22. The largest absolute Gasteiger partial charge is 0.475 e. The van der Waals surface area contributed by atoms with Crippen molar-refractivity contribution in [2.75, 3.05) is 0 Å². The van der Waals surface area contributed by atoms with Crippen LogP contribution in [0, 0.1) is 0 Å². The fourth-order valence-corrected chi connectivity index (χ4v) is 1.58. The number of rotatable bonds is 3. The lowest BCUT2D eigenvalue weighted by Crippen LogP contribution is -2.11. The van der Waals surface area contributed by atoms with E-state index in [1.165, 1.54) is 12.3 Å². The van der Waals surface area contributed by atoms with Crippen molar-refractivity contribution >= 4 is 5.97 Å². The summed E-state index contributed by atoms with van der Waals surface area (Å²) in [4.78, 5) is 14.0. The quantitative estimate of drug-likeness (QED) is 0.930. The predicted molar refractivity (Wildman–Crippen MR) is 55.5 cm³/mol. The number of furan rings is 1. The van der Waals surface area contributed by atoms with Crippen LogP contribution < -0.4 is 0 Å². The van der Waals surface area contributed by atoms with Gasteiger partial charge in [-0.1, -0.05) is 6.92 Å². The van der Waals surface area contributed by atoms with Crippen LogP contribution in [-0.2, 0) is 12.6 Å². The molecule has 0 aliphatic carbocycles. The van der Waals surface area contributed by atoms with Crippen LogP contribution in [-0.4, -0.2) is 16.1 Å². The second kappa shape index (κ2) is 4.45. The topological polar surface area (TPSA) is 76.5 Å². The van der Waals surface area contributed by atoms with E-state index in [9.17, 15) is 18.0 Å². The third kappa shape index (κ3) is 2.33. The zero-order chi connectivity index (χ0) is 14.2. The number of alkyl halides is 3. The zero-order valence-corrected chi connectivity index (χ0v) is 9.61. The summed E-state index contributed by atoms with van der Waals surface area (Å²) in [5, 5.41) is 8.71. The molecule has 0 fully saturated rings. The average Bonchev–Trinajstić information content (AvgIpc) is 2.93. The Hall–Kier alpha value is -2.25. The summed E-state index contributed by atoms with van der Waals surface area (Å²) >= 11 is 0. The predicted octanol–water partition coefficient (Wildman–Crippen LogP) is 3.21. The average molecular weight is 275 g/mol. The highest BCUT2D eigenvalue weighted by atomic mass is 19.4. The molecular formula is C11H8F3NO4. The molecule has 1 N–H and O–H groups in total. The number of carboxylic acid groups (broad SMARTS) is 1. The Morgan fingerprint density at radius 1 is 1.47 bits per heavy atom. The number of carboxylic acids is 1. The van der Waals surface area contributed by atoms with E-state index in [0.29, 0.717) is 12.2 Å². The molecule has 0 aliphatic heterocycles. The lowest BCUT2D eigenvalue weighted by Gasteiger charge is -2.00. The van der Waals surface area contributed by atoms with Crippen LogP contribution >= 0.6 is 0 Å². The number of halogens is 3. The monoisotopic (exact) mass is 275 g/mol. The number of aromatic carboxylic acids is 1. The fraction of sp³-hybridized carbons (Fsp3) is 0.273. The zero-order valence-electron chi connectivity index (χ0n) is 9.61. The maximum atomic E-state index is 12.6. The molecule has 2 rings (SSSR count). The molecule has 0 bridgehead atoms. The Kier molecular flexibility index (Phi) is 3.09. The Morgan fingerprint density at radius 3 is 2.63 bits per heavy atom. The van der Waals surface area contributed by atoms with Gasteiger partial charge in [-0.15, -0.1) is 0 Å². The summed E-state index contributed by atoms with van der Waals surface area (Å²) in [6.45, 7) is 1.73. The number of carbonyl (C=O) groups is 1. The summed E-state index contributed by atoms with van der Waals surface area (Å²) in [6, 6.07) is 1.37. The van der Waals surface area contributed by atoms with Crippen LogP contribution in [0.4, 0.5) is 13.2 Å². The van der Waals surface area contributed by atoms with Gasteiger partial charge in [0.15, 0.2) is 5.69 Å². The molecule has 0 aromatic carbocycles. The van der Waals surface area contributed by atoms with Crippen molar-refractivity contribution < 1.29 is 31.9 Å². The Bertz CT molecular complexity index is 612. The van der Waals surface area contributed by atoms with Gasteiger partial charge in [-0.2, -0.15) is 13.2 Å². The number of nitrogens with zero attached hydrogens (tertiary/aromatic N) is 1. The van der Waals surface area contributed by atoms with E-state index in [0.717, 1.165) is 0 Å². The molecular weight excluding hydrogens is 267 g/mol. The fourth-order valence-electron chi connectivity index (χ4n) is 1.58. The molecule has 0 saturated heterocycles. The van der Waals surface area contributed by atoms with Crippen LogP contribution in [0.25, 0.3) is 11.5 Å². The molecule has 19 heavy (non-hydrogen) atoms. The van der Waals surface area contributed by atoms with Gasteiger partial charge in [0.25, 0.3) is 0 Å². The van der Waals surface area contributed by atoms with E-state index in [1.807, 2.05) is 0 Å². The number of hydrogen-bond donors (Lipinski definition) is 1. The van der Waals surface area contributed by atoms with Crippen molar-refractivity contribution in [1.29, 1.82) is 0 Å². The first-order valence-electron chi connectivity index (χ1n) is 5.22. The molecule has 5 nitrogen and oxygen atoms in total. The number of oxazole rings is 1. The maximum absolute atomic E-state index is 12.6. The molecule has 8 heteroatoms. The van der Waals surface area contributed by atoms with Crippen LogP contribution in [0.15, 0.2) is 21.2 Å². The minimum Gasteiger partial charge on any atom is -0.475 e. The second-order valence-electron chi connectivity index (χ2n) is 3.61. The smallest absolute Gasteiger partial charge is 0.437 e. The molecule has 0 spiro atoms. The maximum Gasteiger partial charge on any atom is 0.437 e. The molecule has 0 saturated carbocycles. The first kappa shape index (κ1) is 13.2.